The second-order valence-corrected chi connectivity index (χ2v) is 5.45. The lowest BCUT2D eigenvalue weighted by atomic mass is 9.76. The Labute approximate surface area is 104 Å². The zero-order valence-electron chi connectivity index (χ0n) is 10.2. The highest BCUT2D eigenvalue weighted by Crippen LogP contribution is 2.32. The van der Waals surface area contributed by atoms with Crippen molar-refractivity contribution in [3.63, 3.8) is 0 Å². The van der Waals surface area contributed by atoms with E-state index in [4.69, 9.17) is 10.8 Å². The van der Waals surface area contributed by atoms with Gasteiger partial charge < -0.3 is 10.8 Å². The van der Waals surface area contributed by atoms with Crippen LogP contribution in [0, 0.1) is 11.8 Å². The second-order valence-electron chi connectivity index (χ2n) is 5.45. The fourth-order valence-electron chi connectivity index (χ4n) is 2.48. The van der Waals surface area contributed by atoms with Crippen LogP contribution >= 0.6 is 12.4 Å². The molecule has 1 unspecified atom stereocenters. The van der Waals surface area contributed by atoms with Gasteiger partial charge in [-0.25, -0.2) is 0 Å². The smallest absolute Gasteiger partial charge is 0.308 e. The highest BCUT2D eigenvalue weighted by atomic mass is 35.5. The van der Waals surface area contributed by atoms with Crippen LogP contribution in [0.3, 0.4) is 0 Å². The molecule has 3 nitrogen and oxygen atoms in total. The lowest BCUT2D eigenvalue weighted by Crippen LogP contribution is -2.46. The number of carboxylic acid groups (broad SMARTS) is 1. The quantitative estimate of drug-likeness (QED) is 0.805. The Morgan fingerprint density at radius 3 is 2.25 bits per heavy atom. The van der Waals surface area contributed by atoms with Crippen molar-refractivity contribution in [2.45, 2.75) is 57.9 Å². The van der Waals surface area contributed by atoms with Crippen LogP contribution in [0.2, 0.25) is 0 Å². The molecule has 1 saturated carbocycles. The highest BCUT2D eigenvalue weighted by molar-refractivity contribution is 5.85. The summed E-state index contributed by atoms with van der Waals surface area (Å²) in [7, 11) is 0. The van der Waals surface area contributed by atoms with Gasteiger partial charge in [0.05, 0.1) is 5.92 Å². The van der Waals surface area contributed by atoms with Gasteiger partial charge in [-0.2, -0.15) is 0 Å². The number of halogens is 1. The minimum absolute atomic E-state index is 0. The molecule has 1 fully saturated rings. The highest BCUT2D eigenvalue weighted by Gasteiger charge is 2.34. The Balaban J connectivity index is 0.00000225. The summed E-state index contributed by atoms with van der Waals surface area (Å²) in [4.78, 5) is 11.1. The van der Waals surface area contributed by atoms with Gasteiger partial charge in [0.15, 0.2) is 0 Å². The fourth-order valence-corrected chi connectivity index (χ4v) is 2.48. The lowest BCUT2D eigenvalue weighted by Gasteiger charge is -2.31. The molecule has 3 N–H and O–H groups in total. The number of carbonyl (C=O) groups is 1. The first kappa shape index (κ1) is 15.7. The van der Waals surface area contributed by atoms with Crippen LogP contribution in [-0.4, -0.2) is 16.6 Å². The van der Waals surface area contributed by atoms with Gasteiger partial charge in [0.2, 0.25) is 0 Å². The average molecular weight is 250 g/mol. The Bertz CT molecular complexity index is 220. The molecule has 0 saturated heterocycles. The van der Waals surface area contributed by atoms with Crippen LogP contribution < -0.4 is 5.73 Å². The number of hydrogen-bond donors (Lipinski definition) is 2. The minimum atomic E-state index is -0.743. The summed E-state index contributed by atoms with van der Waals surface area (Å²) in [5.74, 6) is -0.573. The van der Waals surface area contributed by atoms with Gasteiger partial charge in [0.25, 0.3) is 0 Å². The van der Waals surface area contributed by atoms with E-state index in [1.165, 1.54) is 32.1 Å². The SMILES string of the molecule is CC(C)(N)C(CC1CCCCC1)C(=O)O.Cl. The lowest BCUT2D eigenvalue weighted by molar-refractivity contribution is -0.144. The zero-order valence-corrected chi connectivity index (χ0v) is 11.1. The van der Waals surface area contributed by atoms with E-state index in [1.807, 2.05) is 13.8 Å². The van der Waals surface area contributed by atoms with Gasteiger partial charge >= 0.3 is 5.97 Å². The largest absolute Gasteiger partial charge is 0.481 e. The van der Waals surface area contributed by atoms with Crippen molar-refractivity contribution in [2.24, 2.45) is 17.6 Å². The van der Waals surface area contributed by atoms with Gasteiger partial charge in [0, 0.05) is 5.54 Å². The molecule has 0 radical (unpaired) electrons. The Morgan fingerprint density at radius 2 is 1.88 bits per heavy atom. The number of rotatable bonds is 4. The van der Waals surface area contributed by atoms with Crippen LogP contribution in [0.5, 0.6) is 0 Å². The maximum atomic E-state index is 11.1. The molecule has 0 aromatic rings. The first-order valence-corrected chi connectivity index (χ1v) is 5.93. The zero-order chi connectivity index (χ0) is 11.5. The summed E-state index contributed by atoms with van der Waals surface area (Å²) < 4.78 is 0. The van der Waals surface area contributed by atoms with Crippen molar-refractivity contribution in [2.75, 3.05) is 0 Å². The number of aliphatic carboxylic acids is 1. The standard InChI is InChI=1S/C12H23NO2.ClH/c1-12(2,13)10(11(14)15)8-9-6-4-3-5-7-9;/h9-10H,3-8,13H2,1-2H3,(H,14,15);1H. The van der Waals surface area contributed by atoms with E-state index < -0.39 is 17.4 Å². The Hall–Kier alpha value is -0.280. The molecule has 16 heavy (non-hydrogen) atoms. The first-order valence-electron chi connectivity index (χ1n) is 5.93. The van der Waals surface area contributed by atoms with E-state index in [-0.39, 0.29) is 12.4 Å². The molecule has 1 aliphatic carbocycles. The molecule has 96 valence electrons. The molecule has 0 aromatic carbocycles. The fraction of sp³-hybridized carbons (Fsp3) is 0.917. The van der Waals surface area contributed by atoms with Crippen molar-refractivity contribution in [1.29, 1.82) is 0 Å². The number of hydrogen-bond acceptors (Lipinski definition) is 2. The molecular weight excluding hydrogens is 226 g/mol. The molecule has 1 rings (SSSR count). The maximum absolute atomic E-state index is 11.1. The van der Waals surface area contributed by atoms with Gasteiger partial charge in [-0.05, 0) is 26.2 Å². The summed E-state index contributed by atoms with van der Waals surface area (Å²) in [5.41, 5.74) is 5.31. The van der Waals surface area contributed by atoms with Crippen molar-refractivity contribution in [3.05, 3.63) is 0 Å². The third-order valence-corrected chi connectivity index (χ3v) is 3.49. The van der Waals surface area contributed by atoms with Crippen LogP contribution in [0.25, 0.3) is 0 Å². The Morgan fingerprint density at radius 1 is 1.38 bits per heavy atom. The summed E-state index contributed by atoms with van der Waals surface area (Å²) in [6.45, 7) is 3.63. The molecule has 4 heteroatoms. The summed E-state index contributed by atoms with van der Waals surface area (Å²) in [6.07, 6.45) is 6.92. The average Bonchev–Trinajstić information content (AvgIpc) is 2.13. The Kier molecular flexibility index (Phi) is 6.34. The summed E-state index contributed by atoms with van der Waals surface area (Å²) in [5, 5.41) is 9.16. The second kappa shape index (κ2) is 6.45. The molecule has 0 aliphatic heterocycles. The van der Waals surface area contributed by atoms with Gasteiger partial charge in [0.1, 0.15) is 0 Å². The maximum Gasteiger partial charge on any atom is 0.308 e. The van der Waals surface area contributed by atoms with Crippen LogP contribution in [0.1, 0.15) is 52.4 Å². The van der Waals surface area contributed by atoms with Crippen LogP contribution in [0.4, 0.5) is 0 Å². The van der Waals surface area contributed by atoms with Crippen LogP contribution in [0.15, 0.2) is 0 Å². The molecule has 1 atom stereocenters. The normalized spacial score (nSPS) is 19.9. The molecule has 1 aliphatic rings. The minimum Gasteiger partial charge on any atom is -0.481 e. The summed E-state index contributed by atoms with van der Waals surface area (Å²) >= 11 is 0. The number of carboxylic acids is 1. The van der Waals surface area contributed by atoms with E-state index in [2.05, 4.69) is 0 Å². The van der Waals surface area contributed by atoms with Gasteiger partial charge in [-0.1, -0.05) is 32.1 Å². The molecule has 0 bridgehead atoms. The molecule has 0 heterocycles. The van der Waals surface area contributed by atoms with Gasteiger partial charge in [-0.3, -0.25) is 4.79 Å². The molecular formula is C12H24ClNO2. The van der Waals surface area contributed by atoms with Crippen molar-refractivity contribution in [3.8, 4) is 0 Å². The van der Waals surface area contributed by atoms with E-state index in [0.29, 0.717) is 5.92 Å². The number of nitrogens with two attached hydrogens (primary N) is 1. The van der Waals surface area contributed by atoms with Crippen molar-refractivity contribution >= 4 is 18.4 Å². The van der Waals surface area contributed by atoms with Gasteiger partial charge in [-0.15, -0.1) is 12.4 Å². The van der Waals surface area contributed by atoms with Crippen molar-refractivity contribution < 1.29 is 9.90 Å². The van der Waals surface area contributed by atoms with E-state index in [9.17, 15) is 4.79 Å². The summed E-state index contributed by atoms with van der Waals surface area (Å²) in [6, 6.07) is 0. The van der Waals surface area contributed by atoms with E-state index in [1.54, 1.807) is 0 Å². The van der Waals surface area contributed by atoms with E-state index in [0.717, 1.165) is 6.42 Å². The monoisotopic (exact) mass is 249 g/mol. The predicted molar refractivity (Wildman–Crippen MR) is 67.8 cm³/mol. The molecule has 0 spiro atoms. The third kappa shape index (κ3) is 4.71. The topological polar surface area (TPSA) is 63.3 Å². The molecule has 0 amide bonds. The predicted octanol–water partition coefficient (Wildman–Crippen LogP) is 2.82. The van der Waals surface area contributed by atoms with Crippen LogP contribution in [-0.2, 0) is 4.79 Å². The first-order chi connectivity index (χ1) is 6.91. The van der Waals surface area contributed by atoms with E-state index >= 15 is 0 Å². The molecule has 0 aromatic heterocycles. The van der Waals surface area contributed by atoms with Crippen molar-refractivity contribution in [1.82, 2.24) is 0 Å². The third-order valence-electron chi connectivity index (χ3n) is 3.49.